The standard InChI is InChI=1S/C31H39N3O4S/c1-17(2)13-22(16-35)34-27(29(37)33-23-14-18(3)11-12-19(23)4)31-20(5)15-24(39-31)25(26(31)30(34)38)28(36)32-21-9-7-6-8-10-21/h6-12,14,17,20,22,24-27,35H,13,15-16H2,1-5H3,(H,32,36)(H,33,37)/t20?,22-,24-,25+,26+,27?,31?/m1/s1. The Morgan fingerprint density at radius 1 is 1.10 bits per heavy atom. The lowest BCUT2D eigenvalue weighted by molar-refractivity contribution is -0.141. The van der Waals surface area contributed by atoms with E-state index in [0.717, 1.165) is 23.2 Å². The zero-order valence-corrected chi connectivity index (χ0v) is 24.1. The van der Waals surface area contributed by atoms with Crippen molar-refractivity contribution in [1.82, 2.24) is 4.90 Å². The Morgan fingerprint density at radius 2 is 1.82 bits per heavy atom. The van der Waals surface area contributed by atoms with Gasteiger partial charge in [0.2, 0.25) is 17.7 Å². The van der Waals surface area contributed by atoms with Gasteiger partial charge in [-0.1, -0.05) is 51.1 Å². The molecule has 2 bridgehead atoms. The van der Waals surface area contributed by atoms with E-state index in [1.165, 1.54) is 0 Å². The van der Waals surface area contributed by atoms with Crippen molar-refractivity contribution in [2.45, 2.75) is 69.5 Å². The molecule has 0 aromatic heterocycles. The van der Waals surface area contributed by atoms with E-state index in [2.05, 4.69) is 17.6 Å². The van der Waals surface area contributed by atoms with Gasteiger partial charge in [0, 0.05) is 16.6 Å². The lowest BCUT2D eigenvalue weighted by Crippen LogP contribution is -2.57. The fourth-order valence-electron chi connectivity index (χ4n) is 7.09. The first-order valence-corrected chi connectivity index (χ1v) is 14.8. The average molecular weight is 550 g/mol. The van der Waals surface area contributed by atoms with E-state index in [4.69, 9.17) is 0 Å². The Kier molecular flexibility index (Phi) is 7.55. The summed E-state index contributed by atoms with van der Waals surface area (Å²) in [6.45, 7) is 9.90. The van der Waals surface area contributed by atoms with E-state index in [1.54, 1.807) is 16.7 Å². The highest BCUT2D eigenvalue weighted by molar-refractivity contribution is 8.02. The van der Waals surface area contributed by atoms with Crippen molar-refractivity contribution < 1.29 is 19.5 Å². The third-order valence-electron chi connectivity index (χ3n) is 8.77. The first kappa shape index (κ1) is 27.7. The number of para-hydroxylation sites is 1. The van der Waals surface area contributed by atoms with Gasteiger partial charge in [0.25, 0.3) is 0 Å². The number of anilines is 2. The summed E-state index contributed by atoms with van der Waals surface area (Å²) in [6.07, 6.45) is 1.33. The molecule has 3 saturated heterocycles. The minimum atomic E-state index is -0.787. The van der Waals surface area contributed by atoms with Crippen LogP contribution in [0.3, 0.4) is 0 Å². The van der Waals surface area contributed by atoms with Crippen molar-refractivity contribution in [2.24, 2.45) is 23.7 Å². The molecule has 7 atom stereocenters. The Labute approximate surface area is 235 Å². The molecule has 0 radical (unpaired) electrons. The van der Waals surface area contributed by atoms with E-state index >= 15 is 0 Å². The molecule has 3 heterocycles. The van der Waals surface area contributed by atoms with Crippen molar-refractivity contribution in [1.29, 1.82) is 0 Å². The van der Waals surface area contributed by atoms with Crippen LogP contribution in [-0.2, 0) is 14.4 Å². The van der Waals surface area contributed by atoms with Gasteiger partial charge in [0.05, 0.1) is 29.2 Å². The number of benzene rings is 2. The Hall–Kier alpha value is -2.84. The zero-order valence-electron chi connectivity index (χ0n) is 23.3. The van der Waals surface area contributed by atoms with Crippen LogP contribution in [0.1, 0.15) is 44.7 Å². The SMILES string of the molecule is Cc1ccc(C)c(NC(=O)C2N([C@@H](CO)CC(C)C)C(=O)[C@@H]3[C@@H](C(=O)Nc4ccccc4)[C@H]4CC(C)C23S4)c1. The normalized spacial score (nSPS) is 30.0. The van der Waals surface area contributed by atoms with Gasteiger partial charge in [-0.05, 0) is 67.9 Å². The third kappa shape index (κ3) is 4.65. The summed E-state index contributed by atoms with van der Waals surface area (Å²) in [4.78, 5) is 44.1. The van der Waals surface area contributed by atoms with Gasteiger partial charge in [-0.25, -0.2) is 0 Å². The molecule has 208 valence electrons. The van der Waals surface area contributed by atoms with Crippen LogP contribution in [0.4, 0.5) is 11.4 Å². The topological polar surface area (TPSA) is 98.7 Å². The molecule has 1 spiro atoms. The first-order valence-electron chi connectivity index (χ1n) is 13.9. The summed E-state index contributed by atoms with van der Waals surface area (Å²) in [7, 11) is 0. The summed E-state index contributed by atoms with van der Waals surface area (Å²) in [5.74, 6) is -1.51. The molecule has 3 aliphatic heterocycles. The van der Waals surface area contributed by atoms with Crippen LogP contribution >= 0.6 is 11.8 Å². The molecule has 3 amide bonds. The Morgan fingerprint density at radius 3 is 2.49 bits per heavy atom. The number of fused-ring (bicyclic) bond motifs is 1. The fourth-order valence-corrected chi connectivity index (χ4v) is 9.50. The highest BCUT2D eigenvalue weighted by Crippen LogP contribution is 2.69. The van der Waals surface area contributed by atoms with Gasteiger partial charge in [-0.15, -0.1) is 11.8 Å². The minimum absolute atomic E-state index is 0.0477. The zero-order chi connectivity index (χ0) is 28.1. The van der Waals surface area contributed by atoms with Gasteiger partial charge in [-0.3, -0.25) is 14.4 Å². The van der Waals surface area contributed by atoms with Crippen molar-refractivity contribution in [3.63, 3.8) is 0 Å². The lowest BCUT2D eigenvalue weighted by Gasteiger charge is -2.40. The van der Waals surface area contributed by atoms with E-state index < -0.39 is 28.7 Å². The lowest BCUT2D eigenvalue weighted by atomic mass is 9.66. The molecule has 5 rings (SSSR count). The molecule has 7 nitrogen and oxygen atoms in total. The number of aryl methyl sites for hydroxylation is 2. The largest absolute Gasteiger partial charge is 0.394 e. The quantitative estimate of drug-likeness (QED) is 0.446. The number of likely N-dealkylation sites (tertiary alicyclic amines) is 1. The van der Waals surface area contributed by atoms with Gasteiger partial charge in [-0.2, -0.15) is 0 Å². The monoisotopic (exact) mass is 549 g/mol. The van der Waals surface area contributed by atoms with Crippen molar-refractivity contribution in [3.8, 4) is 0 Å². The molecule has 8 heteroatoms. The van der Waals surface area contributed by atoms with E-state index in [1.807, 2.05) is 76.2 Å². The van der Waals surface area contributed by atoms with Crippen LogP contribution in [0.15, 0.2) is 48.5 Å². The number of thioether (sulfide) groups is 1. The smallest absolute Gasteiger partial charge is 0.248 e. The van der Waals surface area contributed by atoms with Crippen molar-refractivity contribution in [3.05, 3.63) is 59.7 Å². The van der Waals surface area contributed by atoms with Crippen LogP contribution < -0.4 is 10.6 Å². The number of amides is 3. The summed E-state index contributed by atoms with van der Waals surface area (Å²) in [5, 5.41) is 16.6. The molecule has 2 aromatic carbocycles. The Bertz CT molecular complexity index is 1270. The second-order valence-electron chi connectivity index (χ2n) is 11.9. The fraction of sp³-hybridized carbons (Fsp3) is 0.516. The Balaban J connectivity index is 1.56. The highest BCUT2D eigenvalue weighted by atomic mass is 32.2. The van der Waals surface area contributed by atoms with Crippen LogP contribution in [0.25, 0.3) is 0 Å². The number of rotatable bonds is 8. The molecular formula is C31H39N3O4S. The van der Waals surface area contributed by atoms with Crippen LogP contribution in [0.2, 0.25) is 0 Å². The second kappa shape index (κ2) is 10.6. The molecule has 0 aliphatic carbocycles. The summed E-state index contributed by atoms with van der Waals surface area (Å²) < 4.78 is -0.743. The van der Waals surface area contributed by atoms with Crippen LogP contribution in [-0.4, -0.2) is 56.4 Å². The average Bonchev–Trinajstić information content (AvgIpc) is 3.49. The van der Waals surface area contributed by atoms with Crippen molar-refractivity contribution in [2.75, 3.05) is 17.2 Å². The molecular weight excluding hydrogens is 510 g/mol. The van der Waals surface area contributed by atoms with Gasteiger partial charge >= 0.3 is 0 Å². The van der Waals surface area contributed by atoms with E-state index in [9.17, 15) is 19.5 Å². The summed E-state index contributed by atoms with van der Waals surface area (Å²) in [6, 6.07) is 13.9. The number of nitrogens with one attached hydrogen (secondary N) is 2. The number of hydrogen-bond acceptors (Lipinski definition) is 5. The van der Waals surface area contributed by atoms with E-state index in [-0.39, 0.29) is 41.4 Å². The number of hydrogen-bond donors (Lipinski definition) is 3. The highest BCUT2D eigenvalue weighted by Gasteiger charge is 2.76. The molecule has 2 aromatic rings. The van der Waals surface area contributed by atoms with Crippen LogP contribution in [0.5, 0.6) is 0 Å². The molecule has 3 N–H and O–H groups in total. The third-order valence-corrected chi connectivity index (χ3v) is 10.9. The molecule has 3 unspecified atom stereocenters. The second-order valence-corrected chi connectivity index (χ2v) is 13.5. The number of aliphatic hydroxyl groups is 1. The molecule has 0 saturated carbocycles. The first-order chi connectivity index (χ1) is 18.6. The van der Waals surface area contributed by atoms with Gasteiger partial charge in [0.1, 0.15) is 6.04 Å². The minimum Gasteiger partial charge on any atom is -0.394 e. The summed E-state index contributed by atoms with van der Waals surface area (Å²) >= 11 is 1.65. The van der Waals surface area contributed by atoms with Gasteiger partial charge in [0.15, 0.2) is 0 Å². The maximum atomic E-state index is 14.4. The van der Waals surface area contributed by atoms with Gasteiger partial charge < -0.3 is 20.6 Å². The van der Waals surface area contributed by atoms with Crippen molar-refractivity contribution >= 4 is 40.9 Å². The predicted octanol–water partition coefficient (Wildman–Crippen LogP) is 4.62. The maximum absolute atomic E-state index is 14.4. The number of carbonyl (C=O) groups is 3. The predicted molar refractivity (Wildman–Crippen MR) is 155 cm³/mol. The summed E-state index contributed by atoms with van der Waals surface area (Å²) in [5.41, 5.74) is 3.38. The molecule has 3 fully saturated rings. The molecule has 39 heavy (non-hydrogen) atoms. The maximum Gasteiger partial charge on any atom is 0.248 e. The number of aliphatic hydroxyl groups excluding tert-OH is 1. The van der Waals surface area contributed by atoms with E-state index in [0.29, 0.717) is 12.1 Å². The van der Waals surface area contributed by atoms with Crippen LogP contribution in [0, 0.1) is 37.5 Å². The number of carbonyl (C=O) groups excluding carboxylic acids is 3. The number of nitrogens with zero attached hydrogens (tertiary/aromatic N) is 1. The molecule has 3 aliphatic rings.